The number of carbonyl (C=O) groups excluding carboxylic acids is 1. The summed E-state index contributed by atoms with van der Waals surface area (Å²) in [4.78, 5) is 30.4. The maximum Gasteiger partial charge on any atom is 0.328 e. The predicted molar refractivity (Wildman–Crippen MR) is 102 cm³/mol. The summed E-state index contributed by atoms with van der Waals surface area (Å²) in [6, 6.07) is 9.98. The van der Waals surface area contributed by atoms with Crippen LogP contribution in [0.25, 0.3) is 11.1 Å². The van der Waals surface area contributed by atoms with E-state index in [4.69, 9.17) is 4.74 Å². The van der Waals surface area contributed by atoms with Gasteiger partial charge in [0.15, 0.2) is 0 Å². The Bertz CT molecular complexity index is 1070. The summed E-state index contributed by atoms with van der Waals surface area (Å²) in [5, 5.41) is 12.5. The minimum atomic E-state index is -0.514. The summed E-state index contributed by atoms with van der Waals surface area (Å²) in [7, 11) is 1.58. The Hall–Kier alpha value is -3.55. The van der Waals surface area contributed by atoms with Gasteiger partial charge in [-0.2, -0.15) is 0 Å². The molecule has 8 heteroatoms. The normalized spacial score (nSPS) is 15.2. The molecule has 3 aromatic rings. The van der Waals surface area contributed by atoms with Crippen LogP contribution in [0.15, 0.2) is 47.5 Å². The molecule has 1 aliphatic carbocycles. The van der Waals surface area contributed by atoms with Gasteiger partial charge in [0.05, 0.1) is 13.3 Å². The van der Waals surface area contributed by atoms with Crippen LogP contribution in [0.3, 0.4) is 0 Å². The van der Waals surface area contributed by atoms with Crippen molar-refractivity contribution in [2.45, 2.75) is 25.4 Å². The molecule has 1 unspecified atom stereocenters. The van der Waals surface area contributed by atoms with Crippen LogP contribution in [-0.2, 0) is 24.2 Å². The van der Waals surface area contributed by atoms with Gasteiger partial charge in [0.25, 0.3) is 0 Å². The Morgan fingerprint density at radius 1 is 1.29 bits per heavy atom. The first-order chi connectivity index (χ1) is 13.5. The zero-order chi connectivity index (χ0) is 19.7. The number of aromatic hydroxyl groups is 1. The van der Waals surface area contributed by atoms with Crippen LogP contribution in [0.4, 0.5) is 0 Å². The van der Waals surface area contributed by atoms with Crippen LogP contribution in [0.5, 0.6) is 11.8 Å². The summed E-state index contributed by atoms with van der Waals surface area (Å²) in [6.07, 6.45) is 4.38. The molecule has 3 N–H and O–H groups in total. The fourth-order valence-electron chi connectivity index (χ4n) is 3.53. The highest BCUT2D eigenvalue weighted by atomic mass is 16.5. The second-order valence-electron chi connectivity index (χ2n) is 6.78. The minimum absolute atomic E-state index is 0.0384. The van der Waals surface area contributed by atoms with E-state index in [-0.39, 0.29) is 24.4 Å². The van der Waals surface area contributed by atoms with Crippen LogP contribution in [-0.4, -0.2) is 38.7 Å². The number of methoxy groups -OCH3 is 1. The van der Waals surface area contributed by atoms with Crippen molar-refractivity contribution in [3.8, 4) is 22.9 Å². The van der Waals surface area contributed by atoms with Gasteiger partial charge in [0, 0.05) is 23.9 Å². The average molecular weight is 380 g/mol. The molecule has 28 heavy (non-hydrogen) atoms. The Balaban J connectivity index is 1.43. The van der Waals surface area contributed by atoms with Crippen molar-refractivity contribution in [1.29, 1.82) is 0 Å². The molecule has 1 amide bonds. The Kier molecular flexibility index (Phi) is 4.60. The molecule has 1 atom stereocenters. The number of H-pyrrole nitrogens is 1. The van der Waals surface area contributed by atoms with E-state index in [2.05, 4.69) is 27.4 Å². The van der Waals surface area contributed by atoms with Crippen molar-refractivity contribution in [3.05, 3.63) is 64.3 Å². The predicted octanol–water partition coefficient (Wildman–Crippen LogP) is 1.24. The van der Waals surface area contributed by atoms with E-state index < -0.39 is 5.69 Å². The maximum atomic E-state index is 12.3. The average Bonchev–Trinajstić information content (AvgIpc) is 3.24. The first kappa shape index (κ1) is 17.8. The van der Waals surface area contributed by atoms with E-state index in [1.54, 1.807) is 13.3 Å². The second kappa shape index (κ2) is 7.22. The quantitative estimate of drug-likeness (QED) is 0.617. The lowest BCUT2D eigenvalue weighted by Crippen LogP contribution is -2.38. The number of hydrogen-bond acceptors (Lipinski definition) is 5. The zero-order valence-electron chi connectivity index (χ0n) is 15.3. The molecule has 2 heterocycles. The minimum Gasteiger partial charge on any atom is -0.493 e. The lowest BCUT2D eigenvalue weighted by atomic mass is 10.0. The lowest BCUT2D eigenvalue weighted by molar-refractivity contribution is -0.122. The highest BCUT2D eigenvalue weighted by molar-refractivity contribution is 5.76. The monoisotopic (exact) mass is 380 g/mol. The van der Waals surface area contributed by atoms with E-state index in [1.807, 2.05) is 18.2 Å². The van der Waals surface area contributed by atoms with Gasteiger partial charge in [0.2, 0.25) is 17.7 Å². The Labute approximate surface area is 160 Å². The van der Waals surface area contributed by atoms with E-state index in [9.17, 15) is 14.7 Å². The zero-order valence-corrected chi connectivity index (χ0v) is 15.3. The molecule has 144 valence electrons. The van der Waals surface area contributed by atoms with E-state index in [1.165, 1.54) is 11.1 Å². The number of benzene rings is 1. The third-order valence-electron chi connectivity index (χ3n) is 4.93. The van der Waals surface area contributed by atoms with Crippen LogP contribution in [0.2, 0.25) is 0 Å². The van der Waals surface area contributed by atoms with Gasteiger partial charge < -0.3 is 20.1 Å². The molecule has 8 nitrogen and oxygen atoms in total. The largest absolute Gasteiger partial charge is 0.493 e. The van der Waals surface area contributed by atoms with Gasteiger partial charge in [0.1, 0.15) is 6.54 Å². The van der Waals surface area contributed by atoms with Crippen LogP contribution in [0, 0.1) is 0 Å². The number of nitrogens with zero attached hydrogens (tertiary/aromatic N) is 2. The summed E-state index contributed by atoms with van der Waals surface area (Å²) in [5.74, 6) is 0.00207. The molecule has 1 aliphatic rings. The smallest absolute Gasteiger partial charge is 0.328 e. The molecule has 0 fully saturated rings. The van der Waals surface area contributed by atoms with Crippen LogP contribution < -0.4 is 15.7 Å². The number of hydrogen-bond donors (Lipinski definition) is 3. The molecule has 0 spiro atoms. The van der Waals surface area contributed by atoms with Crippen LogP contribution >= 0.6 is 0 Å². The number of carbonyl (C=O) groups is 1. The number of nitrogens with one attached hydrogen (secondary N) is 2. The summed E-state index contributed by atoms with van der Waals surface area (Å²) >= 11 is 0. The maximum absolute atomic E-state index is 12.3. The standard InChI is InChI=1S/C20H20N4O4/c1-28-18-5-4-14(9-21-18)12-2-3-13-7-16(8-15(13)6-12)23-17(25)11-24-19(26)10-22-20(24)27/h2-6,9-10,16,26H,7-8,11H2,1H3,(H,22,27)(H,23,25). The molecule has 0 radical (unpaired) electrons. The number of fused-ring (bicyclic) bond motifs is 1. The Morgan fingerprint density at radius 2 is 2.07 bits per heavy atom. The van der Waals surface area contributed by atoms with Crippen molar-refractivity contribution in [2.24, 2.45) is 0 Å². The van der Waals surface area contributed by atoms with Crippen molar-refractivity contribution in [3.63, 3.8) is 0 Å². The third kappa shape index (κ3) is 3.48. The number of aromatic nitrogens is 3. The number of aromatic amines is 1. The van der Waals surface area contributed by atoms with Crippen LogP contribution in [0.1, 0.15) is 11.1 Å². The first-order valence-electron chi connectivity index (χ1n) is 8.92. The summed E-state index contributed by atoms with van der Waals surface area (Å²) in [6.45, 7) is -0.218. The number of imidazole rings is 1. The van der Waals surface area contributed by atoms with Gasteiger partial charge in [-0.1, -0.05) is 18.2 Å². The number of amides is 1. The van der Waals surface area contributed by atoms with Gasteiger partial charge in [-0.3, -0.25) is 9.36 Å². The fraction of sp³-hybridized carbons (Fsp3) is 0.250. The van der Waals surface area contributed by atoms with Crippen molar-refractivity contribution in [2.75, 3.05) is 7.11 Å². The highest BCUT2D eigenvalue weighted by Crippen LogP contribution is 2.28. The highest BCUT2D eigenvalue weighted by Gasteiger charge is 2.24. The number of pyridine rings is 1. The van der Waals surface area contributed by atoms with Crippen molar-refractivity contribution in [1.82, 2.24) is 19.9 Å². The molecule has 0 aliphatic heterocycles. The van der Waals surface area contributed by atoms with E-state index >= 15 is 0 Å². The van der Waals surface area contributed by atoms with Gasteiger partial charge in [-0.05, 0) is 35.6 Å². The second-order valence-corrected chi connectivity index (χ2v) is 6.78. The summed E-state index contributed by atoms with van der Waals surface area (Å²) < 4.78 is 6.08. The van der Waals surface area contributed by atoms with E-state index in [0.717, 1.165) is 28.3 Å². The molecular weight excluding hydrogens is 360 g/mol. The fourth-order valence-corrected chi connectivity index (χ4v) is 3.53. The van der Waals surface area contributed by atoms with E-state index in [0.29, 0.717) is 12.3 Å². The summed E-state index contributed by atoms with van der Waals surface area (Å²) in [5.41, 5.74) is 3.92. The van der Waals surface area contributed by atoms with Crippen molar-refractivity contribution < 1.29 is 14.6 Å². The molecule has 1 aromatic carbocycles. The molecule has 0 saturated heterocycles. The molecule has 0 bridgehead atoms. The molecule has 4 rings (SSSR count). The lowest BCUT2D eigenvalue weighted by Gasteiger charge is -2.12. The molecular formula is C20H20N4O4. The SMILES string of the molecule is COc1ccc(-c2ccc3c(c2)CC(NC(=O)Cn2c(O)c[nH]c2=O)C3)cn1. The van der Waals surface area contributed by atoms with Gasteiger partial charge >= 0.3 is 5.69 Å². The van der Waals surface area contributed by atoms with Crippen molar-refractivity contribution >= 4 is 5.91 Å². The first-order valence-corrected chi connectivity index (χ1v) is 8.92. The van der Waals surface area contributed by atoms with Gasteiger partial charge in [-0.15, -0.1) is 0 Å². The third-order valence-corrected chi connectivity index (χ3v) is 4.93. The number of ether oxygens (including phenoxy) is 1. The van der Waals surface area contributed by atoms with Gasteiger partial charge in [-0.25, -0.2) is 9.78 Å². The molecule has 2 aromatic heterocycles. The molecule has 0 saturated carbocycles. The topological polar surface area (TPSA) is 109 Å². The Morgan fingerprint density at radius 3 is 2.75 bits per heavy atom. The number of rotatable bonds is 5.